The quantitative estimate of drug-likeness (QED) is 0.396. The van der Waals surface area contributed by atoms with Crippen molar-refractivity contribution in [2.24, 2.45) is 0 Å². The molecule has 34 heavy (non-hydrogen) atoms. The summed E-state index contributed by atoms with van der Waals surface area (Å²) in [7, 11) is 0. The monoisotopic (exact) mass is 455 g/mol. The first-order valence-corrected chi connectivity index (χ1v) is 11.6. The third-order valence-electron chi connectivity index (χ3n) is 6.90. The lowest BCUT2D eigenvalue weighted by atomic mass is 10.0. The number of aromatic nitrogens is 3. The minimum absolute atomic E-state index is 0.128. The molecular weight excluding hydrogens is 433 g/mol. The van der Waals surface area contributed by atoms with Gasteiger partial charge in [-0.1, -0.05) is 6.07 Å². The maximum Gasteiger partial charge on any atom is 0.255 e. The SMILES string of the molecule is Cc1c(F)cccc1Nc1c(-c2ccnc3ccc(OC4CC4)nc23)[nH]c2c1C(=O)N[C@H]1C[C@@H]21. The summed E-state index contributed by atoms with van der Waals surface area (Å²) in [4.78, 5) is 25.9. The van der Waals surface area contributed by atoms with E-state index in [-0.39, 0.29) is 29.8 Å². The molecule has 1 aliphatic heterocycles. The topological polar surface area (TPSA) is 91.9 Å². The smallest absolute Gasteiger partial charge is 0.255 e. The number of hydrogen-bond acceptors (Lipinski definition) is 5. The van der Waals surface area contributed by atoms with Gasteiger partial charge in [0.15, 0.2) is 0 Å². The normalized spacial score (nSPS) is 20.5. The molecule has 3 N–H and O–H groups in total. The molecule has 2 fully saturated rings. The summed E-state index contributed by atoms with van der Waals surface area (Å²) in [6.07, 6.45) is 4.96. The Bertz CT molecular complexity index is 1490. The Morgan fingerprint density at radius 3 is 2.91 bits per heavy atom. The Kier molecular flexibility index (Phi) is 4.04. The van der Waals surface area contributed by atoms with Crippen LogP contribution in [0.2, 0.25) is 0 Å². The van der Waals surface area contributed by atoms with Gasteiger partial charge in [0.2, 0.25) is 5.88 Å². The van der Waals surface area contributed by atoms with Gasteiger partial charge in [-0.05, 0) is 50.5 Å². The number of aromatic amines is 1. The van der Waals surface area contributed by atoms with Gasteiger partial charge in [-0.2, -0.15) is 0 Å². The van der Waals surface area contributed by atoms with Crippen molar-refractivity contribution in [1.82, 2.24) is 20.3 Å². The Morgan fingerprint density at radius 1 is 1.18 bits per heavy atom. The summed E-state index contributed by atoms with van der Waals surface area (Å²) in [5, 5.41) is 6.45. The number of pyridine rings is 2. The number of rotatable bonds is 5. The van der Waals surface area contributed by atoms with Crippen LogP contribution in [0.3, 0.4) is 0 Å². The van der Waals surface area contributed by atoms with Crippen molar-refractivity contribution in [3.63, 3.8) is 0 Å². The maximum absolute atomic E-state index is 14.3. The third kappa shape index (κ3) is 3.05. The zero-order valence-corrected chi connectivity index (χ0v) is 18.5. The number of hydrogen-bond donors (Lipinski definition) is 3. The maximum atomic E-state index is 14.3. The molecule has 3 aromatic heterocycles. The van der Waals surface area contributed by atoms with Gasteiger partial charge >= 0.3 is 0 Å². The largest absolute Gasteiger partial charge is 0.474 e. The van der Waals surface area contributed by atoms with E-state index in [4.69, 9.17) is 9.72 Å². The van der Waals surface area contributed by atoms with Crippen LogP contribution in [0.5, 0.6) is 5.88 Å². The number of halogens is 1. The molecular formula is C26H22FN5O2. The van der Waals surface area contributed by atoms with Gasteiger partial charge in [0.1, 0.15) is 17.4 Å². The number of amides is 1. The molecule has 2 atom stereocenters. The van der Waals surface area contributed by atoms with E-state index in [0.29, 0.717) is 33.9 Å². The van der Waals surface area contributed by atoms with Gasteiger partial charge in [-0.15, -0.1) is 0 Å². The van der Waals surface area contributed by atoms with Gasteiger partial charge in [-0.25, -0.2) is 9.37 Å². The predicted molar refractivity (Wildman–Crippen MR) is 126 cm³/mol. The number of anilines is 2. The number of H-pyrrole nitrogens is 1. The summed E-state index contributed by atoms with van der Waals surface area (Å²) in [6.45, 7) is 1.72. The molecule has 0 unspecified atom stereocenters. The van der Waals surface area contributed by atoms with Crippen LogP contribution in [0.25, 0.3) is 22.3 Å². The number of carbonyl (C=O) groups is 1. The summed E-state index contributed by atoms with van der Waals surface area (Å²) in [5.41, 5.74) is 6.17. The van der Waals surface area contributed by atoms with Crippen molar-refractivity contribution in [2.45, 2.75) is 44.2 Å². The molecule has 170 valence electrons. The zero-order chi connectivity index (χ0) is 23.0. The molecule has 4 heterocycles. The van der Waals surface area contributed by atoms with E-state index >= 15 is 0 Å². The van der Waals surface area contributed by atoms with Crippen molar-refractivity contribution >= 4 is 28.3 Å². The first-order chi connectivity index (χ1) is 16.6. The lowest BCUT2D eigenvalue weighted by molar-refractivity contribution is 0.0944. The van der Waals surface area contributed by atoms with Gasteiger partial charge in [0.25, 0.3) is 5.91 Å². The fourth-order valence-corrected chi connectivity index (χ4v) is 4.78. The second kappa shape index (κ2) is 7.03. The molecule has 3 aliphatic rings. The highest BCUT2D eigenvalue weighted by molar-refractivity contribution is 6.09. The lowest BCUT2D eigenvalue weighted by Crippen LogP contribution is -2.31. The predicted octanol–water partition coefficient (Wildman–Crippen LogP) is 4.96. The summed E-state index contributed by atoms with van der Waals surface area (Å²) in [5.74, 6) is 0.388. The molecule has 2 aliphatic carbocycles. The molecule has 4 aromatic rings. The third-order valence-corrected chi connectivity index (χ3v) is 6.90. The number of nitrogens with zero attached hydrogens (tertiary/aromatic N) is 2. The van der Waals surface area contributed by atoms with Gasteiger partial charge < -0.3 is 20.4 Å². The molecule has 1 aromatic carbocycles. The highest BCUT2D eigenvalue weighted by Gasteiger charge is 2.48. The van der Waals surface area contributed by atoms with E-state index in [1.54, 1.807) is 19.2 Å². The number of carbonyl (C=O) groups excluding carboxylic acids is 1. The summed E-state index contributed by atoms with van der Waals surface area (Å²) < 4.78 is 20.2. The number of nitrogens with one attached hydrogen (secondary N) is 3. The average Bonchev–Trinajstić information content (AvgIpc) is 3.76. The van der Waals surface area contributed by atoms with Crippen LogP contribution in [-0.2, 0) is 0 Å². The minimum Gasteiger partial charge on any atom is -0.474 e. The second-order valence-corrected chi connectivity index (χ2v) is 9.32. The van der Waals surface area contributed by atoms with Crippen LogP contribution in [0.15, 0.2) is 42.6 Å². The first-order valence-electron chi connectivity index (χ1n) is 11.6. The van der Waals surface area contributed by atoms with Crippen molar-refractivity contribution in [2.75, 3.05) is 5.32 Å². The van der Waals surface area contributed by atoms with E-state index in [0.717, 1.165) is 41.7 Å². The Labute approximate surface area is 194 Å². The summed E-state index contributed by atoms with van der Waals surface area (Å²) >= 11 is 0. The standard InChI is InChI=1S/C26H22FN5O2/c1-12-16(27)3-2-4-17(12)29-25-21-23(15-11-19(15)30-26(21)33)32-24(25)14-9-10-28-18-7-8-20(31-22(14)18)34-13-5-6-13/h2-4,7-10,13,15,19,29,32H,5-6,11H2,1H3,(H,30,33)/t15-,19+/m1/s1. The Balaban J connectivity index is 1.43. The Morgan fingerprint density at radius 2 is 2.06 bits per heavy atom. The fourth-order valence-electron chi connectivity index (χ4n) is 4.78. The molecule has 7 nitrogen and oxygen atoms in total. The van der Waals surface area contributed by atoms with Gasteiger partial charge in [0.05, 0.1) is 22.5 Å². The first kappa shape index (κ1) is 19.5. The van der Waals surface area contributed by atoms with Crippen LogP contribution in [0.1, 0.15) is 46.8 Å². The number of fused-ring (bicyclic) bond motifs is 4. The van der Waals surface area contributed by atoms with Gasteiger partial charge in [0, 0.05) is 46.7 Å². The highest BCUT2D eigenvalue weighted by atomic mass is 19.1. The van der Waals surface area contributed by atoms with Crippen LogP contribution in [0, 0.1) is 12.7 Å². The number of benzene rings is 1. The molecule has 0 saturated heterocycles. The van der Waals surface area contributed by atoms with E-state index in [2.05, 4.69) is 20.6 Å². The van der Waals surface area contributed by atoms with E-state index in [1.165, 1.54) is 6.07 Å². The fraction of sp³-hybridized carbons (Fsp3) is 0.269. The van der Waals surface area contributed by atoms with Crippen molar-refractivity contribution in [3.8, 4) is 17.1 Å². The van der Waals surface area contributed by atoms with Crippen LogP contribution < -0.4 is 15.4 Å². The molecule has 8 heteroatoms. The molecule has 0 spiro atoms. The highest BCUT2D eigenvalue weighted by Crippen LogP contribution is 2.50. The molecule has 0 bridgehead atoms. The minimum atomic E-state index is -0.305. The van der Waals surface area contributed by atoms with E-state index < -0.39 is 0 Å². The molecule has 0 radical (unpaired) electrons. The lowest BCUT2D eigenvalue weighted by Gasteiger charge is -2.16. The van der Waals surface area contributed by atoms with Gasteiger partial charge in [-0.3, -0.25) is 9.78 Å². The van der Waals surface area contributed by atoms with Crippen LogP contribution in [0.4, 0.5) is 15.8 Å². The van der Waals surface area contributed by atoms with Crippen molar-refractivity contribution in [1.29, 1.82) is 0 Å². The molecule has 2 saturated carbocycles. The van der Waals surface area contributed by atoms with Crippen molar-refractivity contribution in [3.05, 3.63) is 65.2 Å². The summed E-state index contributed by atoms with van der Waals surface area (Å²) in [6, 6.07) is 10.7. The second-order valence-electron chi connectivity index (χ2n) is 9.32. The zero-order valence-electron chi connectivity index (χ0n) is 18.5. The van der Waals surface area contributed by atoms with Crippen LogP contribution in [-0.4, -0.2) is 33.0 Å². The van der Waals surface area contributed by atoms with E-state index in [1.807, 2.05) is 24.3 Å². The number of ether oxygens (including phenoxy) is 1. The van der Waals surface area contributed by atoms with Crippen molar-refractivity contribution < 1.29 is 13.9 Å². The van der Waals surface area contributed by atoms with Crippen LogP contribution >= 0.6 is 0 Å². The molecule has 1 amide bonds. The molecule has 7 rings (SSSR count). The average molecular weight is 455 g/mol. The Hall–Kier alpha value is -3.94. The van der Waals surface area contributed by atoms with E-state index in [9.17, 15) is 9.18 Å².